The number of esters is 1. The molecule has 2 rings (SSSR count). The number of rotatable bonds is 5. The molecule has 24 heavy (non-hydrogen) atoms. The van der Waals surface area contributed by atoms with E-state index in [-0.39, 0.29) is 11.5 Å². The molecule has 0 aliphatic carbocycles. The van der Waals surface area contributed by atoms with Gasteiger partial charge in [0.05, 0.1) is 0 Å². The first-order valence-corrected chi connectivity index (χ1v) is 7.53. The minimum Gasteiger partial charge on any atom is -0.451 e. The van der Waals surface area contributed by atoms with Crippen LogP contribution in [0.3, 0.4) is 0 Å². The third kappa shape index (κ3) is 3.90. The smallest absolute Gasteiger partial charge is 0.355 e. The van der Waals surface area contributed by atoms with Gasteiger partial charge in [-0.3, -0.25) is 9.59 Å². The summed E-state index contributed by atoms with van der Waals surface area (Å²) in [6.07, 6.45) is 0. The Hall–Kier alpha value is -2.89. The van der Waals surface area contributed by atoms with Crippen molar-refractivity contribution in [2.45, 2.75) is 27.7 Å². The second-order valence-electron chi connectivity index (χ2n) is 5.67. The zero-order valence-corrected chi connectivity index (χ0v) is 14.1. The Morgan fingerprint density at radius 2 is 1.88 bits per heavy atom. The summed E-state index contributed by atoms with van der Waals surface area (Å²) >= 11 is 0. The quantitative estimate of drug-likeness (QED) is 0.652. The standard InChI is InChI=1S/C18H20N2O4/c1-10-6-5-7-14(8-10)20-15(22)9-24-18(23)17-11(2)16(13(4)21)12(3)19-17/h5-8,19H,9H2,1-4H3,(H,20,22). The second-order valence-corrected chi connectivity index (χ2v) is 5.67. The first-order chi connectivity index (χ1) is 11.3. The van der Waals surface area contributed by atoms with Crippen molar-refractivity contribution in [2.24, 2.45) is 0 Å². The summed E-state index contributed by atoms with van der Waals surface area (Å²) in [7, 11) is 0. The van der Waals surface area contributed by atoms with Gasteiger partial charge < -0.3 is 15.0 Å². The summed E-state index contributed by atoms with van der Waals surface area (Å²) in [4.78, 5) is 38.4. The molecule has 1 amide bonds. The molecule has 2 aromatic rings. The minimum atomic E-state index is -0.664. The summed E-state index contributed by atoms with van der Waals surface area (Å²) in [6.45, 7) is 6.33. The van der Waals surface area contributed by atoms with E-state index in [0.29, 0.717) is 22.5 Å². The van der Waals surface area contributed by atoms with Crippen LogP contribution in [0.5, 0.6) is 0 Å². The van der Waals surface area contributed by atoms with E-state index in [1.165, 1.54) is 6.92 Å². The van der Waals surface area contributed by atoms with E-state index in [0.717, 1.165) is 5.56 Å². The molecular formula is C18H20N2O4. The molecule has 126 valence electrons. The van der Waals surface area contributed by atoms with Crippen LogP contribution < -0.4 is 5.32 Å². The number of Topliss-reactive ketones (excluding diaryl/α,β-unsaturated/α-hetero) is 1. The second kappa shape index (κ2) is 7.12. The average molecular weight is 328 g/mol. The van der Waals surface area contributed by atoms with Crippen molar-refractivity contribution in [3.8, 4) is 0 Å². The lowest BCUT2D eigenvalue weighted by Crippen LogP contribution is -2.21. The molecule has 0 fully saturated rings. The number of aryl methyl sites for hydroxylation is 2. The lowest BCUT2D eigenvalue weighted by atomic mass is 10.1. The normalized spacial score (nSPS) is 10.3. The SMILES string of the molecule is CC(=O)c1c(C)[nH]c(C(=O)OCC(=O)Nc2cccc(C)c2)c1C. The molecule has 1 heterocycles. The van der Waals surface area contributed by atoms with Crippen LogP contribution in [0, 0.1) is 20.8 Å². The van der Waals surface area contributed by atoms with Crippen LogP contribution >= 0.6 is 0 Å². The fourth-order valence-electron chi connectivity index (χ4n) is 2.61. The number of ketones is 1. The molecule has 0 atom stereocenters. The number of amides is 1. The fourth-order valence-corrected chi connectivity index (χ4v) is 2.61. The zero-order valence-electron chi connectivity index (χ0n) is 14.1. The number of hydrogen-bond acceptors (Lipinski definition) is 4. The number of hydrogen-bond donors (Lipinski definition) is 2. The Labute approximate surface area is 140 Å². The summed E-state index contributed by atoms with van der Waals surface area (Å²) in [5.41, 5.74) is 3.47. The van der Waals surface area contributed by atoms with E-state index in [4.69, 9.17) is 4.74 Å². The number of nitrogens with one attached hydrogen (secondary N) is 2. The third-order valence-electron chi connectivity index (χ3n) is 3.63. The molecule has 0 unspecified atom stereocenters. The molecule has 6 nitrogen and oxygen atoms in total. The van der Waals surface area contributed by atoms with Gasteiger partial charge in [-0.2, -0.15) is 0 Å². The number of carbonyl (C=O) groups excluding carboxylic acids is 3. The summed E-state index contributed by atoms with van der Waals surface area (Å²) < 4.78 is 5.03. The van der Waals surface area contributed by atoms with Crippen molar-refractivity contribution in [1.82, 2.24) is 4.98 Å². The van der Waals surface area contributed by atoms with Gasteiger partial charge in [0.25, 0.3) is 5.91 Å². The van der Waals surface area contributed by atoms with E-state index >= 15 is 0 Å². The van der Waals surface area contributed by atoms with Crippen LogP contribution in [0.15, 0.2) is 24.3 Å². The summed E-state index contributed by atoms with van der Waals surface area (Å²) in [6, 6.07) is 7.31. The van der Waals surface area contributed by atoms with E-state index in [1.807, 2.05) is 25.1 Å². The van der Waals surface area contributed by atoms with E-state index < -0.39 is 18.5 Å². The van der Waals surface area contributed by atoms with Gasteiger partial charge in [-0.25, -0.2) is 4.79 Å². The Morgan fingerprint density at radius 1 is 1.17 bits per heavy atom. The van der Waals surface area contributed by atoms with Crippen molar-refractivity contribution in [3.05, 3.63) is 52.3 Å². The number of ether oxygens (including phenoxy) is 1. The summed E-state index contributed by atoms with van der Waals surface area (Å²) in [5.74, 6) is -1.22. The number of aromatic amines is 1. The molecule has 2 N–H and O–H groups in total. The van der Waals surface area contributed by atoms with Crippen molar-refractivity contribution < 1.29 is 19.1 Å². The molecule has 0 spiro atoms. The van der Waals surface area contributed by atoms with E-state index in [9.17, 15) is 14.4 Å². The topological polar surface area (TPSA) is 88.3 Å². The predicted octanol–water partition coefficient (Wildman–Crippen LogP) is 2.94. The van der Waals surface area contributed by atoms with Crippen LogP contribution in [0.2, 0.25) is 0 Å². The number of anilines is 1. The predicted molar refractivity (Wildman–Crippen MR) is 90.4 cm³/mol. The molecule has 1 aromatic heterocycles. The number of carbonyl (C=O) groups is 3. The van der Waals surface area contributed by atoms with Crippen molar-refractivity contribution in [2.75, 3.05) is 11.9 Å². The van der Waals surface area contributed by atoms with Gasteiger partial charge in [0.15, 0.2) is 12.4 Å². The van der Waals surface area contributed by atoms with Crippen LogP contribution in [0.25, 0.3) is 0 Å². The van der Waals surface area contributed by atoms with E-state index in [1.54, 1.807) is 19.9 Å². The molecule has 0 aliphatic rings. The molecule has 0 saturated carbocycles. The highest BCUT2D eigenvalue weighted by molar-refractivity contribution is 6.01. The molecule has 0 radical (unpaired) electrons. The Morgan fingerprint density at radius 3 is 2.46 bits per heavy atom. The largest absolute Gasteiger partial charge is 0.451 e. The Kier molecular flexibility index (Phi) is 5.18. The number of aromatic nitrogens is 1. The highest BCUT2D eigenvalue weighted by atomic mass is 16.5. The molecule has 1 aromatic carbocycles. The maximum atomic E-state index is 12.1. The number of benzene rings is 1. The van der Waals surface area contributed by atoms with Crippen LogP contribution in [0.4, 0.5) is 5.69 Å². The molecule has 0 saturated heterocycles. The maximum Gasteiger partial charge on any atom is 0.355 e. The highest BCUT2D eigenvalue weighted by Gasteiger charge is 2.21. The average Bonchev–Trinajstić information content (AvgIpc) is 2.79. The van der Waals surface area contributed by atoms with Gasteiger partial charge in [0.2, 0.25) is 0 Å². The first kappa shape index (κ1) is 17.5. The van der Waals surface area contributed by atoms with Crippen LogP contribution in [-0.4, -0.2) is 29.3 Å². The lowest BCUT2D eigenvalue weighted by Gasteiger charge is -2.07. The molecular weight excluding hydrogens is 308 g/mol. The van der Waals surface area contributed by atoms with Crippen molar-refractivity contribution >= 4 is 23.3 Å². The van der Waals surface area contributed by atoms with Gasteiger partial charge in [-0.05, 0) is 51.0 Å². The van der Waals surface area contributed by atoms with Gasteiger partial charge in [-0.15, -0.1) is 0 Å². The van der Waals surface area contributed by atoms with Crippen LogP contribution in [0.1, 0.15) is 44.6 Å². The Bertz CT molecular complexity index is 805. The first-order valence-electron chi connectivity index (χ1n) is 7.53. The third-order valence-corrected chi connectivity index (χ3v) is 3.63. The zero-order chi connectivity index (χ0) is 17.9. The van der Waals surface area contributed by atoms with E-state index in [2.05, 4.69) is 10.3 Å². The maximum absolute atomic E-state index is 12.1. The van der Waals surface area contributed by atoms with Gasteiger partial charge in [0.1, 0.15) is 5.69 Å². The molecule has 0 aliphatic heterocycles. The summed E-state index contributed by atoms with van der Waals surface area (Å²) in [5, 5.41) is 2.66. The van der Waals surface area contributed by atoms with Crippen molar-refractivity contribution in [3.63, 3.8) is 0 Å². The number of H-pyrrole nitrogens is 1. The Balaban J connectivity index is 1.99. The van der Waals surface area contributed by atoms with Gasteiger partial charge in [-0.1, -0.05) is 12.1 Å². The fraction of sp³-hybridized carbons (Fsp3) is 0.278. The monoisotopic (exact) mass is 328 g/mol. The van der Waals surface area contributed by atoms with Gasteiger partial charge >= 0.3 is 5.97 Å². The molecule has 6 heteroatoms. The minimum absolute atomic E-state index is 0.127. The van der Waals surface area contributed by atoms with Crippen LogP contribution in [-0.2, 0) is 9.53 Å². The van der Waals surface area contributed by atoms with Crippen molar-refractivity contribution in [1.29, 1.82) is 0 Å². The van der Waals surface area contributed by atoms with Gasteiger partial charge in [0, 0.05) is 16.9 Å². The highest BCUT2D eigenvalue weighted by Crippen LogP contribution is 2.19. The lowest BCUT2D eigenvalue weighted by molar-refractivity contribution is -0.119. The molecule has 0 bridgehead atoms.